The van der Waals surface area contributed by atoms with Gasteiger partial charge in [-0.25, -0.2) is 0 Å². The van der Waals surface area contributed by atoms with Crippen molar-refractivity contribution < 1.29 is 4.74 Å². The minimum atomic E-state index is 0.454. The molecule has 1 aromatic carbocycles. The standard InChI is InChI=1S/C16H25NOS/c1-4-15(13-6-8-14(18-2)9-7-13)17-12-16(19-3)10-5-11-16/h6-9,15,17H,4-5,10-12H2,1-3H3. The first-order valence-electron chi connectivity index (χ1n) is 7.15. The Morgan fingerprint density at radius 3 is 2.42 bits per heavy atom. The van der Waals surface area contributed by atoms with Gasteiger partial charge in [0.05, 0.1) is 7.11 Å². The number of thioether (sulfide) groups is 1. The average molecular weight is 279 g/mol. The minimum Gasteiger partial charge on any atom is -0.497 e. The van der Waals surface area contributed by atoms with E-state index in [0.29, 0.717) is 10.8 Å². The lowest BCUT2D eigenvalue weighted by molar-refractivity contribution is 0.328. The third-order valence-electron chi connectivity index (χ3n) is 4.29. The van der Waals surface area contributed by atoms with Crippen LogP contribution in [0.2, 0.25) is 0 Å². The van der Waals surface area contributed by atoms with Crippen molar-refractivity contribution in [2.45, 2.75) is 43.4 Å². The third kappa shape index (κ3) is 3.46. The Morgan fingerprint density at radius 1 is 1.32 bits per heavy atom. The summed E-state index contributed by atoms with van der Waals surface area (Å²) in [5.41, 5.74) is 1.36. The van der Waals surface area contributed by atoms with Gasteiger partial charge in [-0.15, -0.1) is 0 Å². The molecule has 0 saturated heterocycles. The normalized spacial score (nSPS) is 18.7. The Kier molecular flexibility index (Phi) is 5.17. The molecule has 0 radical (unpaired) electrons. The van der Waals surface area contributed by atoms with E-state index in [1.807, 2.05) is 23.9 Å². The van der Waals surface area contributed by atoms with Gasteiger partial charge in [-0.2, -0.15) is 11.8 Å². The van der Waals surface area contributed by atoms with Crippen LogP contribution in [0.1, 0.15) is 44.2 Å². The molecule has 1 fully saturated rings. The Bertz CT molecular complexity index is 381. The first kappa shape index (κ1) is 14.7. The van der Waals surface area contributed by atoms with Gasteiger partial charge >= 0.3 is 0 Å². The van der Waals surface area contributed by atoms with Crippen LogP contribution in [-0.4, -0.2) is 24.7 Å². The lowest BCUT2D eigenvalue weighted by Gasteiger charge is -2.41. The monoisotopic (exact) mass is 279 g/mol. The maximum atomic E-state index is 5.22. The summed E-state index contributed by atoms with van der Waals surface area (Å²) in [6, 6.07) is 8.90. The van der Waals surface area contributed by atoms with Crippen LogP contribution in [-0.2, 0) is 0 Å². The van der Waals surface area contributed by atoms with E-state index in [0.717, 1.165) is 18.7 Å². The molecular formula is C16H25NOS. The lowest BCUT2D eigenvalue weighted by Crippen LogP contribution is -2.44. The van der Waals surface area contributed by atoms with Gasteiger partial charge in [0, 0.05) is 17.3 Å². The highest BCUT2D eigenvalue weighted by Crippen LogP contribution is 2.42. The fourth-order valence-electron chi connectivity index (χ4n) is 2.67. The first-order valence-corrected chi connectivity index (χ1v) is 8.38. The Balaban J connectivity index is 1.95. The zero-order valence-corrected chi connectivity index (χ0v) is 13.1. The molecule has 0 heterocycles. The molecule has 0 aromatic heterocycles. The second-order valence-electron chi connectivity index (χ2n) is 5.36. The van der Waals surface area contributed by atoms with E-state index < -0.39 is 0 Å². The Morgan fingerprint density at radius 2 is 2.00 bits per heavy atom. The number of ether oxygens (including phenoxy) is 1. The zero-order chi connectivity index (χ0) is 13.7. The molecule has 1 atom stereocenters. The summed E-state index contributed by atoms with van der Waals surface area (Å²) < 4.78 is 5.72. The van der Waals surface area contributed by atoms with Crippen molar-refractivity contribution in [3.8, 4) is 5.75 Å². The van der Waals surface area contributed by atoms with Gasteiger partial charge in [0.15, 0.2) is 0 Å². The molecular weight excluding hydrogens is 254 g/mol. The summed E-state index contributed by atoms with van der Waals surface area (Å²) in [4.78, 5) is 0. The van der Waals surface area contributed by atoms with Gasteiger partial charge in [0.2, 0.25) is 0 Å². The number of nitrogens with one attached hydrogen (secondary N) is 1. The number of methoxy groups -OCH3 is 1. The molecule has 0 amide bonds. The van der Waals surface area contributed by atoms with Crippen LogP contribution in [0.25, 0.3) is 0 Å². The maximum absolute atomic E-state index is 5.22. The smallest absolute Gasteiger partial charge is 0.118 e. The maximum Gasteiger partial charge on any atom is 0.118 e. The largest absolute Gasteiger partial charge is 0.497 e. The predicted molar refractivity (Wildman–Crippen MR) is 84.1 cm³/mol. The molecule has 0 aliphatic heterocycles. The van der Waals surface area contributed by atoms with E-state index in [2.05, 4.69) is 30.6 Å². The molecule has 1 aliphatic rings. The number of benzene rings is 1. The van der Waals surface area contributed by atoms with Crippen LogP contribution in [0.3, 0.4) is 0 Å². The van der Waals surface area contributed by atoms with Crippen LogP contribution in [0.5, 0.6) is 5.75 Å². The van der Waals surface area contributed by atoms with Gasteiger partial charge in [0.25, 0.3) is 0 Å². The van der Waals surface area contributed by atoms with E-state index >= 15 is 0 Å². The molecule has 1 saturated carbocycles. The quantitative estimate of drug-likeness (QED) is 0.814. The lowest BCUT2D eigenvalue weighted by atomic mass is 9.84. The molecule has 0 bridgehead atoms. The summed E-state index contributed by atoms with van der Waals surface area (Å²) in [6.07, 6.45) is 7.48. The molecule has 3 heteroatoms. The van der Waals surface area contributed by atoms with Crippen molar-refractivity contribution in [3.05, 3.63) is 29.8 Å². The van der Waals surface area contributed by atoms with Crippen molar-refractivity contribution in [2.75, 3.05) is 19.9 Å². The summed E-state index contributed by atoms with van der Waals surface area (Å²) in [5.74, 6) is 0.929. The molecule has 0 spiro atoms. The van der Waals surface area contributed by atoms with Crippen molar-refractivity contribution in [1.29, 1.82) is 0 Å². The molecule has 2 nitrogen and oxygen atoms in total. The summed E-state index contributed by atoms with van der Waals surface area (Å²) in [7, 11) is 1.71. The number of hydrogen-bond donors (Lipinski definition) is 1. The highest BCUT2D eigenvalue weighted by molar-refractivity contribution is 8.00. The van der Waals surface area contributed by atoms with E-state index in [1.54, 1.807) is 7.11 Å². The summed E-state index contributed by atoms with van der Waals surface area (Å²) in [5, 5.41) is 3.76. The minimum absolute atomic E-state index is 0.454. The van der Waals surface area contributed by atoms with Gasteiger partial charge < -0.3 is 10.1 Å². The second-order valence-corrected chi connectivity index (χ2v) is 6.63. The van der Waals surface area contributed by atoms with Crippen LogP contribution >= 0.6 is 11.8 Å². The molecule has 1 N–H and O–H groups in total. The molecule has 1 aromatic rings. The van der Waals surface area contributed by atoms with Gasteiger partial charge in [-0.3, -0.25) is 0 Å². The third-order valence-corrected chi connectivity index (χ3v) is 5.71. The molecule has 2 rings (SSSR count). The average Bonchev–Trinajstić information content (AvgIpc) is 2.42. The highest BCUT2D eigenvalue weighted by Gasteiger charge is 2.36. The number of rotatable bonds is 7. The fourth-order valence-corrected chi connectivity index (χ4v) is 3.59. The van der Waals surface area contributed by atoms with E-state index in [1.165, 1.54) is 24.8 Å². The second kappa shape index (κ2) is 6.67. The molecule has 106 valence electrons. The van der Waals surface area contributed by atoms with Crippen molar-refractivity contribution in [3.63, 3.8) is 0 Å². The summed E-state index contributed by atoms with van der Waals surface area (Å²) >= 11 is 2.03. The molecule has 1 aliphatic carbocycles. The van der Waals surface area contributed by atoms with Gasteiger partial charge in [0.1, 0.15) is 5.75 Å². The predicted octanol–water partition coefficient (Wildman–Crippen LogP) is 4.02. The van der Waals surface area contributed by atoms with Crippen molar-refractivity contribution >= 4 is 11.8 Å². The van der Waals surface area contributed by atoms with E-state index in [4.69, 9.17) is 4.74 Å². The van der Waals surface area contributed by atoms with E-state index in [9.17, 15) is 0 Å². The van der Waals surface area contributed by atoms with Crippen LogP contribution < -0.4 is 10.1 Å². The van der Waals surface area contributed by atoms with E-state index in [-0.39, 0.29) is 0 Å². The SMILES string of the molecule is CCC(NCC1(SC)CCC1)c1ccc(OC)cc1. The van der Waals surface area contributed by atoms with Crippen molar-refractivity contribution in [2.24, 2.45) is 0 Å². The Hall–Kier alpha value is -0.670. The van der Waals surface area contributed by atoms with Crippen LogP contribution in [0.4, 0.5) is 0 Å². The van der Waals surface area contributed by atoms with Gasteiger partial charge in [-0.05, 0) is 43.2 Å². The Labute approximate surface area is 121 Å². The summed E-state index contributed by atoms with van der Waals surface area (Å²) in [6.45, 7) is 3.37. The van der Waals surface area contributed by atoms with Crippen LogP contribution in [0, 0.1) is 0 Å². The first-order chi connectivity index (χ1) is 9.23. The fraction of sp³-hybridized carbons (Fsp3) is 0.625. The number of hydrogen-bond acceptors (Lipinski definition) is 3. The van der Waals surface area contributed by atoms with Crippen molar-refractivity contribution in [1.82, 2.24) is 5.32 Å². The van der Waals surface area contributed by atoms with Gasteiger partial charge in [-0.1, -0.05) is 25.5 Å². The molecule has 19 heavy (non-hydrogen) atoms. The molecule has 1 unspecified atom stereocenters. The topological polar surface area (TPSA) is 21.3 Å². The zero-order valence-electron chi connectivity index (χ0n) is 12.2. The van der Waals surface area contributed by atoms with Crippen LogP contribution in [0.15, 0.2) is 24.3 Å². The highest BCUT2D eigenvalue weighted by atomic mass is 32.2.